The normalized spacial score (nSPS) is 11.8. The van der Waals surface area contributed by atoms with Gasteiger partial charge in [-0.25, -0.2) is 9.97 Å². The van der Waals surface area contributed by atoms with Gasteiger partial charge in [0.2, 0.25) is 0 Å². The first kappa shape index (κ1) is 30.4. The van der Waals surface area contributed by atoms with Crippen LogP contribution >= 0.6 is 0 Å². The number of H-pyrrole nitrogens is 2. The molecule has 2 aliphatic rings. The van der Waals surface area contributed by atoms with Crippen molar-refractivity contribution in [3.8, 4) is 44.5 Å². The van der Waals surface area contributed by atoms with Gasteiger partial charge in [0, 0.05) is 44.3 Å². The predicted molar refractivity (Wildman–Crippen MR) is 201 cm³/mol. The fraction of sp³-hybridized carbons (Fsp3) is 0. The molecule has 0 spiro atoms. The zero-order valence-electron chi connectivity index (χ0n) is 26.8. The average Bonchev–Trinajstić information content (AvgIpc) is 3.98. The van der Waals surface area contributed by atoms with E-state index in [-0.39, 0.29) is 19.5 Å². The van der Waals surface area contributed by atoms with Gasteiger partial charge in [0.25, 0.3) is 0 Å². The van der Waals surface area contributed by atoms with Gasteiger partial charge in [-0.05, 0) is 70.8 Å². The van der Waals surface area contributed by atoms with Crippen LogP contribution in [0.15, 0.2) is 146 Å². The van der Waals surface area contributed by atoms with Crippen LogP contribution in [0.2, 0.25) is 0 Å². The van der Waals surface area contributed by atoms with Crippen molar-refractivity contribution in [1.29, 1.82) is 0 Å². The van der Waals surface area contributed by atoms with E-state index in [0.717, 1.165) is 89.4 Å². The fourth-order valence-electron chi connectivity index (χ4n) is 6.84. The molecular formula is C44H30N4Zn+. The SMILES string of the molecule is C1=Cc2nc1c(-c1ccccc1)c1ccc([nH]1)c(-c1ccccc1)c1nc(c(-c3ccccc3)c3ccc([nH]3)c2-c2ccccc2)C=C1.[Zn+]. The van der Waals surface area contributed by atoms with E-state index in [1.165, 1.54) is 0 Å². The Hall–Kier alpha value is -5.90. The summed E-state index contributed by atoms with van der Waals surface area (Å²) in [5, 5.41) is 0. The maximum Gasteiger partial charge on any atom is 1.00 e. The van der Waals surface area contributed by atoms with Crippen LogP contribution in [0.3, 0.4) is 0 Å². The summed E-state index contributed by atoms with van der Waals surface area (Å²) in [5.74, 6) is 0. The molecule has 0 amide bonds. The Morgan fingerprint density at radius 2 is 0.510 bits per heavy atom. The van der Waals surface area contributed by atoms with Crippen molar-refractivity contribution >= 4 is 46.4 Å². The molecule has 8 bridgehead atoms. The minimum Gasteiger partial charge on any atom is -0.354 e. The van der Waals surface area contributed by atoms with E-state index in [0.29, 0.717) is 0 Å². The van der Waals surface area contributed by atoms with E-state index in [2.05, 4.69) is 156 Å². The summed E-state index contributed by atoms with van der Waals surface area (Å²) in [4.78, 5) is 18.3. The molecule has 9 rings (SSSR count). The average molecular weight is 680 g/mol. The van der Waals surface area contributed by atoms with Crippen LogP contribution < -0.4 is 0 Å². The van der Waals surface area contributed by atoms with Gasteiger partial charge >= 0.3 is 19.5 Å². The summed E-state index contributed by atoms with van der Waals surface area (Å²) in [6, 6.07) is 50.7. The van der Waals surface area contributed by atoms with Gasteiger partial charge in [-0.1, -0.05) is 121 Å². The van der Waals surface area contributed by atoms with Crippen molar-refractivity contribution in [2.75, 3.05) is 0 Å². The third-order valence-electron chi connectivity index (χ3n) is 9.00. The van der Waals surface area contributed by atoms with Crippen molar-refractivity contribution in [3.05, 3.63) is 168 Å². The zero-order chi connectivity index (χ0) is 31.9. The van der Waals surface area contributed by atoms with Gasteiger partial charge in [-0.15, -0.1) is 0 Å². The Morgan fingerprint density at radius 3 is 0.735 bits per heavy atom. The monoisotopic (exact) mass is 678 g/mol. The van der Waals surface area contributed by atoms with Crippen LogP contribution in [-0.4, -0.2) is 19.9 Å². The molecule has 0 saturated carbocycles. The summed E-state index contributed by atoms with van der Waals surface area (Å²) in [7, 11) is 0. The van der Waals surface area contributed by atoms with E-state index < -0.39 is 0 Å². The summed E-state index contributed by atoms with van der Waals surface area (Å²) in [6.07, 6.45) is 8.54. The Balaban J connectivity index is 0.00000348. The second-order valence-corrected chi connectivity index (χ2v) is 12.0. The van der Waals surface area contributed by atoms with Crippen LogP contribution in [0.5, 0.6) is 0 Å². The van der Waals surface area contributed by atoms with Gasteiger partial charge in [0.15, 0.2) is 0 Å². The number of aromatic amines is 2. The Bertz CT molecular complexity index is 2180. The molecule has 49 heavy (non-hydrogen) atoms. The van der Waals surface area contributed by atoms with Crippen LogP contribution in [0.4, 0.5) is 0 Å². The van der Waals surface area contributed by atoms with Crippen molar-refractivity contribution in [2.45, 2.75) is 0 Å². The van der Waals surface area contributed by atoms with Crippen LogP contribution in [-0.2, 0) is 19.5 Å². The van der Waals surface area contributed by atoms with Gasteiger partial charge in [-0.3, -0.25) is 0 Å². The van der Waals surface area contributed by atoms with E-state index in [9.17, 15) is 0 Å². The van der Waals surface area contributed by atoms with E-state index in [4.69, 9.17) is 9.97 Å². The smallest absolute Gasteiger partial charge is 0.354 e. The number of fused-ring (bicyclic) bond motifs is 8. The minimum absolute atomic E-state index is 0. The molecule has 2 aliphatic heterocycles. The number of aromatic nitrogens is 4. The molecule has 5 heterocycles. The third kappa shape index (κ3) is 5.59. The van der Waals surface area contributed by atoms with Crippen LogP contribution in [0, 0.1) is 0 Å². The summed E-state index contributed by atoms with van der Waals surface area (Å²) in [5.41, 5.74) is 16.2. The number of nitrogens with zero attached hydrogens (tertiary/aromatic N) is 2. The van der Waals surface area contributed by atoms with Crippen LogP contribution in [0.25, 0.3) is 90.9 Å². The number of hydrogen-bond acceptors (Lipinski definition) is 2. The fourth-order valence-corrected chi connectivity index (χ4v) is 6.84. The molecule has 0 fully saturated rings. The maximum absolute atomic E-state index is 5.35. The van der Waals surface area contributed by atoms with Gasteiger partial charge < -0.3 is 9.97 Å². The molecule has 4 nitrogen and oxygen atoms in total. The van der Waals surface area contributed by atoms with Crippen molar-refractivity contribution < 1.29 is 19.5 Å². The van der Waals surface area contributed by atoms with Gasteiger partial charge in [-0.2, -0.15) is 0 Å². The van der Waals surface area contributed by atoms with E-state index in [1.807, 2.05) is 24.3 Å². The second kappa shape index (κ2) is 13.0. The molecule has 3 aromatic heterocycles. The standard InChI is InChI=1S/C44H30N4.Zn/c1-5-13-29(14-6-1)41-33-21-23-35(45-33)42(30-15-7-2-8-16-30)37-25-27-39(47-37)44(32-19-11-4-12-20-32)40-28-26-38(48-40)43(31-17-9-3-10-18-31)36-24-22-34(41)46-36;/h1-28,45,48H;/q;+1. The largest absolute Gasteiger partial charge is 1.00 e. The van der Waals surface area contributed by atoms with Crippen molar-refractivity contribution in [3.63, 3.8) is 0 Å². The van der Waals surface area contributed by atoms with Crippen molar-refractivity contribution in [2.24, 2.45) is 0 Å². The second-order valence-electron chi connectivity index (χ2n) is 12.0. The van der Waals surface area contributed by atoms with Crippen molar-refractivity contribution in [1.82, 2.24) is 19.9 Å². The third-order valence-corrected chi connectivity index (χ3v) is 9.00. The molecule has 5 heteroatoms. The predicted octanol–water partition coefficient (Wildman–Crippen LogP) is 11.3. The minimum atomic E-state index is 0. The zero-order valence-corrected chi connectivity index (χ0v) is 29.7. The molecule has 1 radical (unpaired) electrons. The quantitative estimate of drug-likeness (QED) is 0.182. The first-order chi connectivity index (χ1) is 23.8. The molecular weight excluding hydrogens is 650 g/mol. The van der Waals surface area contributed by atoms with E-state index in [1.54, 1.807) is 0 Å². The molecule has 0 unspecified atom stereocenters. The number of benzene rings is 4. The maximum atomic E-state index is 5.35. The Kier molecular flexibility index (Phi) is 8.05. The molecule has 0 aliphatic carbocycles. The Labute approximate surface area is 297 Å². The number of hydrogen-bond donors (Lipinski definition) is 2. The first-order valence-electron chi connectivity index (χ1n) is 16.2. The summed E-state index contributed by atoms with van der Waals surface area (Å²) < 4.78 is 0. The molecule has 7 aromatic rings. The molecule has 0 atom stereocenters. The first-order valence-corrected chi connectivity index (χ1v) is 16.2. The topological polar surface area (TPSA) is 57.4 Å². The number of nitrogens with one attached hydrogen (secondary N) is 2. The van der Waals surface area contributed by atoms with Gasteiger partial charge in [0.1, 0.15) is 0 Å². The Morgan fingerprint density at radius 1 is 0.286 bits per heavy atom. The summed E-state index contributed by atoms with van der Waals surface area (Å²) in [6.45, 7) is 0. The van der Waals surface area contributed by atoms with Gasteiger partial charge in [0.05, 0.1) is 22.8 Å². The summed E-state index contributed by atoms with van der Waals surface area (Å²) >= 11 is 0. The molecule has 227 valence electrons. The molecule has 2 N–H and O–H groups in total. The van der Waals surface area contributed by atoms with Crippen LogP contribution in [0.1, 0.15) is 22.8 Å². The van der Waals surface area contributed by atoms with E-state index >= 15 is 0 Å². The number of rotatable bonds is 4. The molecule has 0 saturated heterocycles. The molecule has 4 aromatic carbocycles.